The van der Waals surface area contributed by atoms with Crippen LogP contribution >= 0.6 is 11.3 Å². The molecule has 0 aliphatic heterocycles. The minimum absolute atomic E-state index is 0.0902. The number of aromatic nitrogens is 4. The van der Waals surface area contributed by atoms with Crippen LogP contribution in [0.25, 0.3) is 11.0 Å². The van der Waals surface area contributed by atoms with E-state index in [-0.39, 0.29) is 12.0 Å². The first-order valence-corrected chi connectivity index (χ1v) is 9.04. The van der Waals surface area contributed by atoms with Crippen molar-refractivity contribution in [2.45, 2.75) is 39.3 Å². The van der Waals surface area contributed by atoms with E-state index in [1.165, 1.54) is 11.3 Å². The molecule has 3 aromatic rings. The molecule has 2 aromatic heterocycles. The molecule has 0 bridgehead atoms. The van der Waals surface area contributed by atoms with Gasteiger partial charge in [-0.15, -0.1) is 10.2 Å². The summed E-state index contributed by atoms with van der Waals surface area (Å²) in [5.74, 6) is 0.897. The second-order valence-corrected chi connectivity index (χ2v) is 6.65. The van der Waals surface area contributed by atoms with Gasteiger partial charge in [0.15, 0.2) is 0 Å². The fourth-order valence-electron chi connectivity index (χ4n) is 2.59. The summed E-state index contributed by atoms with van der Waals surface area (Å²) in [5.41, 5.74) is 2.02. The SMILES string of the molecule is CCc1nc2ccccc2n1CCC(=O)Nc1nnc(C(C)OC)s1. The lowest BCUT2D eigenvalue weighted by Crippen LogP contribution is -2.15. The summed E-state index contributed by atoms with van der Waals surface area (Å²) in [6.45, 7) is 4.54. The molecule has 7 nitrogen and oxygen atoms in total. The molecule has 1 N–H and O–H groups in total. The van der Waals surface area contributed by atoms with Gasteiger partial charge in [0, 0.05) is 26.5 Å². The minimum Gasteiger partial charge on any atom is -0.374 e. The molecule has 25 heavy (non-hydrogen) atoms. The largest absolute Gasteiger partial charge is 0.374 e. The van der Waals surface area contributed by atoms with Gasteiger partial charge in [-0.05, 0) is 19.1 Å². The van der Waals surface area contributed by atoms with Gasteiger partial charge in [-0.2, -0.15) is 0 Å². The first kappa shape index (κ1) is 17.5. The summed E-state index contributed by atoms with van der Waals surface area (Å²) >= 11 is 1.33. The number of hydrogen-bond acceptors (Lipinski definition) is 6. The number of carbonyl (C=O) groups excluding carboxylic acids is 1. The summed E-state index contributed by atoms with van der Waals surface area (Å²) in [6, 6.07) is 7.98. The summed E-state index contributed by atoms with van der Waals surface area (Å²) in [7, 11) is 1.62. The number of methoxy groups -OCH3 is 1. The third kappa shape index (κ3) is 3.85. The Morgan fingerprint density at radius 3 is 2.92 bits per heavy atom. The number of ether oxygens (including phenoxy) is 1. The Morgan fingerprint density at radius 1 is 1.36 bits per heavy atom. The number of anilines is 1. The molecular formula is C17H21N5O2S. The normalized spacial score (nSPS) is 12.4. The van der Waals surface area contributed by atoms with Crippen molar-refractivity contribution in [3.05, 3.63) is 35.1 Å². The lowest BCUT2D eigenvalue weighted by molar-refractivity contribution is -0.116. The third-order valence-electron chi connectivity index (χ3n) is 4.00. The number of aryl methyl sites for hydroxylation is 2. The molecule has 8 heteroatoms. The Kier molecular flexibility index (Phi) is 5.40. The van der Waals surface area contributed by atoms with E-state index >= 15 is 0 Å². The maximum Gasteiger partial charge on any atom is 0.227 e. The molecule has 0 aliphatic carbocycles. The van der Waals surface area contributed by atoms with E-state index in [9.17, 15) is 4.79 Å². The third-order valence-corrected chi connectivity index (χ3v) is 5.00. The molecule has 0 fully saturated rings. The maximum absolute atomic E-state index is 12.3. The fraction of sp³-hybridized carbons (Fsp3) is 0.412. The Hall–Kier alpha value is -2.32. The van der Waals surface area contributed by atoms with Crippen molar-refractivity contribution in [1.29, 1.82) is 0 Å². The molecule has 132 valence electrons. The van der Waals surface area contributed by atoms with E-state index in [1.807, 2.05) is 31.2 Å². The predicted octanol–water partition coefficient (Wildman–Crippen LogP) is 3.19. The van der Waals surface area contributed by atoms with E-state index in [4.69, 9.17) is 4.74 Å². The van der Waals surface area contributed by atoms with Gasteiger partial charge < -0.3 is 14.6 Å². The van der Waals surface area contributed by atoms with Crippen LogP contribution in [0, 0.1) is 0 Å². The topological polar surface area (TPSA) is 81.9 Å². The molecule has 1 aromatic carbocycles. The van der Waals surface area contributed by atoms with Gasteiger partial charge in [0.25, 0.3) is 0 Å². The highest BCUT2D eigenvalue weighted by Crippen LogP contribution is 2.23. The van der Waals surface area contributed by atoms with Crippen molar-refractivity contribution < 1.29 is 9.53 Å². The number of imidazole rings is 1. The highest BCUT2D eigenvalue weighted by Gasteiger charge is 2.14. The second kappa shape index (κ2) is 7.71. The van der Waals surface area contributed by atoms with Gasteiger partial charge in [0.1, 0.15) is 16.9 Å². The van der Waals surface area contributed by atoms with Gasteiger partial charge in [0.2, 0.25) is 11.0 Å². The molecule has 0 spiro atoms. The van der Waals surface area contributed by atoms with Crippen LogP contribution in [0.1, 0.15) is 37.2 Å². The van der Waals surface area contributed by atoms with Crippen LogP contribution in [0.4, 0.5) is 5.13 Å². The van der Waals surface area contributed by atoms with E-state index in [2.05, 4.69) is 32.0 Å². The first-order valence-electron chi connectivity index (χ1n) is 8.22. The van der Waals surface area contributed by atoms with Crippen LogP contribution in [0.15, 0.2) is 24.3 Å². The van der Waals surface area contributed by atoms with Gasteiger partial charge in [-0.25, -0.2) is 4.98 Å². The van der Waals surface area contributed by atoms with Crippen molar-refractivity contribution >= 4 is 33.4 Å². The zero-order valence-electron chi connectivity index (χ0n) is 14.5. The zero-order chi connectivity index (χ0) is 17.8. The standard InChI is InChI=1S/C17H21N5O2S/c1-4-14-18-12-7-5-6-8-13(12)22(14)10-9-15(23)19-17-21-20-16(25-17)11(2)24-3/h5-8,11H,4,9-10H2,1-3H3,(H,19,21,23). The van der Waals surface area contributed by atoms with E-state index in [1.54, 1.807) is 7.11 Å². The molecule has 1 atom stereocenters. The minimum atomic E-state index is -0.132. The highest BCUT2D eigenvalue weighted by molar-refractivity contribution is 7.15. The summed E-state index contributed by atoms with van der Waals surface area (Å²) < 4.78 is 7.31. The summed E-state index contributed by atoms with van der Waals surface area (Å²) in [4.78, 5) is 16.9. The molecule has 0 saturated heterocycles. The number of benzene rings is 1. The van der Waals surface area contributed by atoms with Crippen molar-refractivity contribution in [3.8, 4) is 0 Å². The number of rotatable bonds is 7. The number of nitrogens with one attached hydrogen (secondary N) is 1. The van der Waals surface area contributed by atoms with Gasteiger partial charge in [-0.3, -0.25) is 4.79 Å². The molecule has 3 rings (SSSR count). The Morgan fingerprint density at radius 2 is 2.16 bits per heavy atom. The molecule has 1 amide bonds. The lowest BCUT2D eigenvalue weighted by atomic mass is 10.3. The average molecular weight is 359 g/mol. The number of carbonyl (C=O) groups is 1. The molecule has 2 heterocycles. The Balaban J connectivity index is 1.65. The summed E-state index contributed by atoms with van der Waals surface area (Å²) in [6.07, 6.45) is 1.04. The number of nitrogens with zero attached hydrogens (tertiary/aromatic N) is 4. The molecular weight excluding hydrogens is 338 g/mol. The highest BCUT2D eigenvalue weighted by atomic mass is 32.1. The van der Waals surface area contributed by atoms with Gasteiger partial charge in [0.05, 0.1) is 11.0 Å². The predicted molar refractivity (Wildman–Crippen MR) is 97.7 cm³/mol. The van der Waals surface area contributed by atoms with Crippen molar-refractivity contribution in [3.63, 3.8) is 0 Å². The summed E-state index contributed by atoms with van der Waals surface area (Å²) in [5, 5.41) is 12.1. The van der Waals surface area contributed by atoms with Gasteiger partial charge in [-0.1, -0.05) is 30.4 Å². The van der Waals surface area contributed by atoms with Crippen LogP contribution in [-0.2, 0) is 22.5 Å². The Bertz CT molecular complexity index is 873. The average Bonchev–Trinajstić information content (AvgIpc) is 3.23. The van der Waals surface area contributed by atoms with Crippen LogP contribution < -0.4 is 5.32 Å². The van der Waals surface area contributed by atoms with Crippen molar-refractivity contribution in [2.75, 3.05) is 12.4 Å². The number of para-hydroxylation sites is 2. The quantitative estimate of drug-likeness (QED) is 0.700. The van der Waals surface area contributed by atoms with Crippen LogP contribution in [-0.4, -0.2) is 32.8 Å². The van der Waals surface area contributed by atoms with E-state index in [0.29, 0.717) is 18.1 Å². The molecule has 1 unspecified atom stereocenters. The molecule has 0 aliphatic rings. The van der Waals surface area contributed by atoms with Crippen LogP contribution in [0.2, 0.25) is 0 Å². The lowest BCUT2D eigenvalue weighted by Gasteiger charge is -2.07. The molecule has 0 radical (unpaired) electrons. The fourth-order valence-corrected chi connectivity index (χ4v) is 3.38. The number of hydrogen-bond donors (Lipinski definition) is 1. The maximum atomic E-state index is 12.3. The zero-order valence-corrected chi connectivity index (χ0v) is 15.3. The van der Waals surface area contributed by atoms with E-state index in [0.717, 1.165) is 28.3 Å². The van der Waals surface area contributed by atoms with Crippen molar-refractivity contribution in [1.82, 2.24) is 19.7 Å². The second-order valence-electron chi connectivity index (χ2n) is 5.64. The first-order chi connectivity index (χ1) is 12.1. The van der Waals surface area contributed by atoms with Crippen LogP contribution in [0.5, 0.6) is 0 Å². The molecule has 0 saturated carbocycles. The van der Waals surface area contributed by atoms with Gasteiger partial charge >= 0.3 is 0 Å². The monoisotopic (exact) mass is 359 g/mol. The number of fused-ring (bicyclic) bond motifs is 1. The Labute approximate surface area is 150 Å². The smallest absolute Gasteiger partial charge is 0.227 e. The van der Waals surface area contributed by atoms with E-state index < -0.39 is 0 Å². The van der Waals surface area contributed by atoms with Crippen molar-refractivity contribution in [2.24, 2.45) is 0 Å². The van der Waals surface area contributed by atoms with Crippen LogP contribution in [0.3, 0.4) is 0 Å². The number of amides is 1.